The molecule has 3 rings (SSSR count). The summed E-state index contributed by atoms with van der Waals surface area (Å²) in [5, 5.41) is 19.6. The summed E-state index contributed by atoms with van der Waals surface area (Å²) in [5.41, 5.74) is 1.01. The lowest BCUT2D eigenvalue weighted by atomic mass is 10.0. The molecule has 0 fully saturated rings. The maximum atomic E-state index is 11.4. The van der Waals surface area contributed by atoms with Gasteiger partial charge < -0.3 is 15.2 Å². The van der Waals surface area contributed by atoms with Crippen molar-refractivity contribution in [3.8, 4) is 0 Å². The van der Waals surface area contributed by atoms with Crippen LogP contribution < -0.4 is 0 Å². The fraction of sp³-hybridized carbons (Fsp3) is 0. The van der Waals surface area contributed by atoms with Gasteiger partial charge in [-0.1, -0.05) is 18.2 Å². The molecule has 5 nitrogen and oxygen atoms in total. The fourth-order valence-corrected chi connectivity index (χ4v) is 2.34. The molecule has 19 heavy (non-hydrogen) atoms. The van der Waals surface area contributed by atoms with Crippen LogP contribution in [0, 0.1) is 0 Å². The van der Waals surface area contributed by atoms with Crippen LogP contribution in [0.2, 0.25) is 0 Å². The number of aromatic carboxylic acids is 2. The van der Waals surface area contributed by atoms with E-state index in [0.717, 1.165) is 5.52 Å². The van der Waals surface area contributed by atoms with Gasteiger partial charge in [0.15, 0.2) is 0 Å². The van der Waals surface area contributed by atoms with Gasteiger partial charge in [-0.15, -0.1) is 0 Å². The smallest absolute Gasteiger partial charge is 0.337 e. The summed E-state index contributed by atoms with van der Waals surface area (Å²) < 4.78 is 0. The Morgan fingerprint density at radius 2 is 1.63 bits per heavy atom. The summed E-state index contributed by atoms with van der Waals surface area (Å²) in [5.74, 6) is -2.49. The van der Waals surface area contributed by atoms with Crippen molar-refractivity contribution in [2.75, 3.05) is 0 Å². The summed E-state index contributed by atoms with van der Waals surface area (Å²) >= 11 is 0. The van der Waals surface area contributed by atoms with Crippen LogP contribution in [0.3, 0.4) is 0 Å². The van der Waals surface area contributed by atoms with Crippen molar-refractivity contribution in [2.45, 2.75) is 0 Å². The Bertz CT molecular complexity index is 832. The third kappa shape index (κ3) is 1.55. The highest BCUT2D eigenvalue weighted by molar-refractivity contribution is 6.20. The Balaban J connectivity index is 2.57. The first-order valence-electron chi connectivity index (χ1n) is 5.59. The zero-order chi connectivity index (χ0) is 13.6. The van der Waals surface area contributed by atoms with Gasteiger partial charge in [-0.25, -0.2) is 9.59 Å². The Morgan fingerprint density at radius 1 is 0.895 bits per heavy atom. The molecule has 0 bridgehead atoms. The lowest BCUT2D eigenvalue weighted by Gasteiger charge is -2.03. The molecule has 2 aromatic carbocycles. The van der Waals surface area contributed by atoms with E-state index in [9.17, 15) is 14.7 Å². The van der Waals surface area contributed by atoms with E-state index in [4.69, 9.17) is 5.11 Å². The van der Waals surface area contributed by atoms with Crippen LogP contribution in [0.15, 0.2) is 36.4 Å². The van der Waals surface area contributed by atoms with Gasteiger partial charge >= 0.3 is 11.9 Å². The number of carbonyl (C=O) groups is 2. The Hall–Kier alpha value is -2.82. The van der Waals surface area contributed by atoms with Gasteiger partial charge in [0.25, 0.3) is 0 Å². The molecule has 3 N–H and O–H groups in total. The molecule has 0 aliphatic rings. The van der Waals surface area contributed by atoms with Crippen molar-refractivity contribution in [1.82, 2.24) is 4.98 Å². The summed E-state index contributed by atoms with van der Waals surface area (Å²) in [4.78, 5) is 25.6. The molecule has 0 saturated carbocycles. The van der Waals surface area contributed by atoms with Gasteiger partial charge in [-0.2, -0.15) is 0 Å². The number of rotatable bonds is 2. The molecule has 0 radical (unpaired) electrons. The number of fused-ring (bicyclic) bond motifs is 3. The number of carboxylic acid groups (broad SMARTS) is 2. The predicted molar refractivity (Wildman–Crippen MR) is 69.7 cm³/mol. The van der Waals surface area contributed by atoms with E-state index >= 15 is 0 Å². The molecule has 0 aliphatic heterocycles. The van der Waals surface area contributed by atoms with Gasteiger partial charge in [0.05, 0.1) is 11.1 Å². The average Bonchev–Trinajstić information content (AvgIpc) is 2.75. The average molecular weight is 255 g/mol. The first-order valence-corrected chi connectivity index (χ1v) is 5.59. The van der Waals surface area contributed by atoms with Crippen molar-refractivity contribution in [2.24, 2.45) is 0 Å². The van der Waals surface area contributed by atoms with Crippen molar-refractivity contribution in [3.63, 3.8) is 0 Å². The fourth-order valence-electron chi connectivity index (χ4n) is 2.34. The minimum atomic E-state index is -1.25. The second kappa shape index (κ2) is 3.84. The second-order valence-corrected chi connectivity index (χ2v) is 4.19. The van der Waals surface area contributed by atoms with Crippen LogP contribution in [0.25, 0.3) is 21.8 Å². The molecule has 5 heteroatoms. The topological polar surface area (TPSA) is 90.4 Å². The lowest BCUT2D eigenvalue weighted by Crippen LogP contribution is -2.08. The van der Waals surface area contributed by atoms with E-state index < -0.39 is 11.9 Å². The molecular weight excluding hydrogens is 246 g/mol. The summed E-state index contributed by atoms with van der Waals surface area (Å²) in [6.45, 7) is 0. The molecule has 0 saturated heterocycles. The van der Waals surface area contributed by atoms with E-state index in [1.807, 2.05) is 12.1 Å². The van der Waals surface area contributed by atoms with Crippen LogP contribution in [0.5, 0.6) is 0 Å². The molecule has 1 aromatic heterocycles. The first kappa shape index (κ1) is 11.3. The van der Waals surface area contributed by atoms with Crippen molar-refractivity contribution in [1.29, 1.82) is 0 Å². The molecule has 0 amide bonds. The SMILES string of the molecule is O=C(O)c1ccc2[nH]c3ccccc3c2c1C(=O)O. The number of aromatic amines is 1. The Morgan fingerprint density at radius 3 is 2.32 bits per heavy atom. The van der Waals surface area contributed by atoms with Gasteiger partial charge in [0, 0.05) is 21.8 Å². The van der Waals surface area contributed by atoms with Crippen molar-refractivity contribution in [3.05, 3.63) is 47.5 Å². The third-order valence-electron chi connectivity index (χ3n) is 3.12. The third-order valence-corrected chi connectivity index (χ3v) is 3.12. The number of aromatic nitrogens is 1. The minimum absolute atomic E-state index is 0.178. The Labute approximate surface area is 107 Å². The Kier molecular flexibility index (Phi) is 2.28. The van der Waals surface area contributed by atoms with Crippen LogP contribution in [-0.4, -0.2) is 27.1 Å². The molecule has 94 valence electrons. The quantitative estimate of drug-likeness (QED) is 0.656. The molecule has 0 atom stereocenters. The van der Waals surface area contributed by atoms with E-state index in [-0.39, 0.29) is 11.1 Å². The summed E-state index contributed by atoms with van der Waals surface area (Å²) in [7, 11) is 0. The number of para-hydroxylation sites is 1. The maximum absolute atomic E-state index is 11.4. The van der Waals surface area contributed by atoms with Crippen LogP contribution >= 0.6 is 0 Å². The summed E-state index contributed by atoms with van der Waals surface area (Å²) in [6, 6.07) is 10.1. The molecule has 0 unspecified atom stereocenters. The highest BCUT2D eigenvalue weighted by atomic mass is 16.4. The molecular formula is C14H9NO4. The van der Waals surface area contributed by atoms with Gasteiger partial charge in [0.2, 0.25) is 0 Å². The maximum Gasteiger partial charge on any atom is 0.337 e. The lowest BCUT2D eigenvalue weighted by molar-refractivity contribution is 0.0653. The second-order valence-electron chi connectivity index (χ2n) is 4.19. The highest BCUT2D eigenvalue weighted by Crippen LogP contribution is 2.30. The summed E-state index contributed by atoms with van der Waals surface area (Å²) in [6.07, 6.45) is 0. The van der Waals surface area contributed by atoms with Gasteiger partial charge in [-0.3, -0.25) is 0 Å². The number of nitrogens with one attached hydrogen (secondary N) is 1. The number of hydrogen-bond donors (Lipinski definition) is 3. The van der Waals surface area contributed by atoms with E-state index in [0.29, 0.717) is 16.3 Å². The number of hydrogen-bond acceptors (Lipinski definition) is 2. The van der Waals surface area contributed by atoms with Crippen LogP contribution in [0.1, 0.15) is 20.7 Å². The number of benzene rings is 2. The van der Waals surface area contributed by atoms with Gasteiger partial charge in [-0.05, 0) is 18.2 Å². The van der Waals surface area contributed by atoms with Crippen molar-refractivity contribution >= 4 is 33.7 Å². The van der Waals surface area contributed by atoms with E-state index in [1.165, 1.54) is 6.07 Å². The monoisotopic (exact) mass is 255 g/mol. The molecule has 0 spiro atoms. The standard InChI is InChI=1S/C14H9NO4/c16-13(17)8-5-6-10-11(12(8)14(18)19)7-3-1-2-4-9(7)15-10/h1-6,15H,(H,16,17)(H,18,19). The number of H-pyrrole nitrogens is 1. The van der Waals surface area contributed by atoms with Gasteiger partial charge in [0.1, 0.15) is 0 Å². The molecule has 1 heterocycles. The number of carboxylic acids is 2. The molecule has 0 aliphatic carbocycles. The normalized spacial score (nSPS) is 10.9. The van der Waals surface area contributed by atoms with Crippen LogP contribution in [0.4, 0.5) is 0 Å². The zero-order valence-corrected chi connectivity index (χ0v) is 9.68. The van der Waals surface area contributed by atoms with Crippen LogP contribution in [-0.2, 0) is 0 Å². The van der Waals surface area contributed by atoms with E-state index in [1.54, 1.807) is 18.2 Å². The highest BCUT2D eigenvalue weighted by Gasteiger charge is 2.21. The minimum Gasteiger partial charge on any atom is -0.478 e. The first-order chi connectivity index (χ1) is 9.09. The molecule has 3 aromatic rings. The van der Waals surface area contributed by atoms with E-state index in [2.05, 4.69) is 4.98 Å². The largest absolute Gasteiger partial charge is 0.478 e. The predicted octanol–water partition coefficient (Wildman–Crippen LogP) is 2.72. The zero-order valence-electron chi connectivity index (χ0n) is 9.68. The van der Waals surface area contributed by atoms with Crippen molar-refractivity contribution < 1.29 is 19.8 Å².